The summed E-state index contributed by atoms with van der Waals surface area (Å²) in [6, 6.07) is 15.3. The van der Waals surface area contributed by atoms with E-state index in [0.717, 1.165) is 27.3 Å². The van der Waals surface area contributed by atoms with Crippen molar-refractivity contribution in [2.45, 2.75) is 26.7 Å². The molecule has 0 spiro atoms. The highest BCUT2D eigenvalue weighted by Gasteiger charge is 2.18. The second kappa shape index (κ2) is 8.24. The Hall–Kier alpha value is -3.25. The summed E-state index contributed by atoms with van der Waals surface area (Å²) >= 11 is 1.57. The average Bonchev–Trinajstić information content (AvgIpc) is 3.26. The van der Waals surface area contributed by atoms with E-state index in [9.17, 15) is 4.79 Å². The van der Waals surface area contributed by atoms with E-state index in [1.807, 2.05) is 48.7 Å². The van der Waals surface area contributed by atoms with Crippen LogP contribution in [0.3, 0.4) is 0 Å². The molecule has 0 atom stereocenters. The zero-order valence-corrected chi connectivity index (χ0v) is 18.2. The lowest BCUT2D eigenvalue weighted by atomic mass is 9.96. The molecule has 2 heterocycles. The van der Waals surface area contributed by atoms with Gasteiger partial charge in [-0.05, 0) is 59.7 Å². The number of hydrogen-bond acceptors (Lipinski definition) is 5. The van der Waals surface area contributed by atoms with Crippen LogP contribution in [-0.2, 0) is 0 Å². The topological polar surface area (TPSA) is 56.5 Å². The van der Waals surface area contributed by atoms with Crippen molar-refractivity contribution in [1.29, 1.82) is 0 Å². The Balaban J connectivity index is 2.02. The first kappa shape index (κ1) is 20.0. The van der Waals surface area contributed by atoms with Crippen LogP contribution >= 0.6 is 11.3 Å². The van der Waals surface area contributed by atoms with Gasteiger partial charge < -0.3 is 4.74 Å². The number of aryl methyl sites for hydroxylation is 1. The molecule has 2 aromatic carbocycles. The Kier molecular flexibility index (Phi) is 5.50. The molecular formula is C24H23N3O2S. The molecule has 4 rings (SSSR count). The largest absolute Gasteiger partial charge is 0.496 e. The number of fused-ring (bicyclic) bond motifs is 1. The van der Waals surface area contributed by atoms with Crippen LogP contribution in [0.2, 0.25) is 0 Å². The third-order valence-corrected chi connectivity index (χ3v) is 5.84. The number of aromatic nitrogens is 2. The third-order valence-electron chi connectivity index (χ3n) is 5.04. The van der Waals surface area contributed by atoms with Gasteiger partial charge in [-0.2, -0.15) is 9.78 Å². The summed E-state index contributed by atoms with van der Waals surface area (Å²) in [6.07, 6.45) is 1.70. The van der Waals surface area contributed by atoms with Crippen LogP contribution in [0, 0.1) is 6.92 Å². The highest BCUT2D eigenvalue weighted by Crippen LogP contribution is 2.34. The van der Waals surface area contributed by atoms with Crippen molar-refractivity contribution in [2.24, 2.45) is 5.10 Å². The predicted molar refractivity (Wildman–Crippen MR) is 124 cm³/mol. The van der Waals surface area contributed by atoms with Gasteiger partial charge in [0.05, 0.1) is 24.2 Å². The lowest BCUT2D eigenvalue weighted by Gasteiger charge is -2.17. The number of benzene rings is 2. The normalized spacial score (nSPS) is 11.6. The molecule has 152 valence electrons. The van der Waals surface area contributed by atoms with E-state index in [1.165, 1.54) is 4.68 Å². The van der Waals surface area contributed by atoms with Crippen molar-refractivity contribution in [2.75, 3.05) is 7.11 Å². The van der Waals surface area contributed by atoms with Crippen molar-refractivity contribution < 1.29 is 4.74 Å². The van der Waals surface area contributed by atoms with Gasteiger partial charge in [-0.15, -0.1) is 11.3 Å². The molecule has 4 aromatic rings. The molecule has 0 saturated carbocycles. The first-order chi connectivity index (χ1) is 14.5. The van der Waals surface area contributed by atoms with Gasteiger partial charge in [0, 0.05) is 10.4 Å². The number of hydrogen-bond donors (Lipinski definition) is 0. The molecule has 0 amide bonds. The highest BCUT2D eigenvalue weighted by atomic mass is 32.1. The molecule has 2 aromatic heterocycles. The van der Waals surface area contributed by atoms with Gasteiger partial charge in [-0.3, -0.25) is 4.79 Å². The summed E-state index contributed by atoms with van der Waals surface area (Å²) < 4.78 is 6.99. The van der Waals surface area contributed by atoms with Crippen molar-refractivity contribution in [3.63, 3.8) is 0 Å². The summed E-state index contributed by atoms with van der Waals surface area (Å²) in [6.45, 7) is 6.23. The maximum absolute atomic E-state index is 13.3. The molecular weight excluding hydrogens is 394 g/mol. The van der Waals surface area contributed by atoms with Gasteiger partial charge >= 0.3 is 0 Å². The second-order valence-electron chi connectivity index (χ2n) is 7.39. The highest BCUT2D eigenvalue weighted by molar-refractivity contribution is 7.11. The van der Waals surface area contributed by atoms with E-state index < -0.39 is 0 Å². The van der Waals surface area contributed by atoms with Gasteiger partial charge in [0.15, 0.2) is 5.82 Å². The molecule has 0 aliphatic carbocycles. The number of para-hydroxylation sites is 1. The minimum absolute atomic E-state index is 0.190. The van der Waals surface area contributed by atoms with E-state index in [-0.39, 0.29) is 11.5 Å². The van der Waals surface area contributed by atoms with Gasteiger partial charge in [0.2, 0.25) is 0 Å². The van der Waals surface area contributed by atoms with Crippen molar-refractivity contribution in [3.05, 3.63) is 80.3 Å². The van der Waals surface area contributed by atoms with Crippen molar-refractivity contribution >= 4 is 28.5 Å². The summed E-state index contributed by atoms with van der Waals surface area (Å²) in [5, 5.41) is 7.05. The zero-order valence-electron chi connectivity index (χ0n) is 17.4. The van der Waals surface area contributed by atoms with E-state index >= 15 is 0 Å². The van der Waals surface area contributed by atoms with E-state index in [2.05, 4.69) is 25.0 Å². The Bertz CT molecular complexity index is 1290. The molecule has 0 unspecified atom stereocenters. The quantitative estimate of drug-likeness (QED) is 0.406. The first-order valence-corrected chi connectivity index (χ1v) is 10.7. The standard InChI is InChI=1S/C24H23N3O2S/c1-15(2)19-13-20(16(3)12-22(19)29-4)23-26-21-10-6-5-9-18(21)24(28)27(23)25-14-17-8-7-11-30-17/h5-15H,1-4H3. The molecule has 0 radical (unpaired) electrons. The summed E-state index contributed by atoms with van der Waals surface area (Å²) in [5.74, 6) is 1.62. The third kappa shape index (κ3) is 3.66. The maximum Gasteiger partial charge on any atom is 0.282 e. The molecule has 0 N–H and O–H groups in total. The Labute approximate surface area is 179 Å². The van der Waals surface area contributed by atoms with Gasteiger partial charge in [0.1, 0.15) is 5.75 Å². The zero-order chi connectivity index (χ0) is 21.3. The van der Waals surface area contributed by atoms with Crippen molar-refractivity contribution in [1.82, 2.24) is 9.66 Å². The lowest BCUT2D eigenvalue weighted by molar-refractivity contribution is 0.407. The summed E-state index contributed by atoms with van der Waals surface area (Å²) in [4.78, 5) is 19.1. The molecule has 5 nitrogen and oxygen atoms in total. The maximum atomic E-state index is 13.3. The van der Waals surface area contributed by atoms with E-state index in [4.69, 9.17) is 9.72 Å². The van der Waals surface area contributed by atoms with Gasteiger partial charge in [-0.1, -0.05) is 32.0 Å². The van der Waals surface area contributed by atoms with Crippen LogP contribution in [0.25, 0.3) is 22.3 Å². The number of rotatable bonds is 5. The van der Waals surface area contributed by atoms with Crippen LogP contribution in [0.4, 0.5) is 0 Å². The monoisotopic (exact) mass is 417 g/mol. The fourth-order valence-electron chi connectivity index (χ4n) is 3.45. The fourth-order valence-corrected chi connectivity index (χ4v) is 4.03. The number of ether oxygens (including phenoxy) is 1. The number of nitrogens with zero attached hydrogens (tertiary/aromatic N) is 3. The number of thiophene rings is 1. The van der Waals surface area contributed by atoms with Gasteiger partial charge in [0.25, 0.3) is 5.56 Å². The SMILES string of the molecule is COc1cc(C)c(-c2nc3ccccc3c(=O)n2N=Cc2cccs2)cc1C(C)C. The minimum atomic E-state index is -0.190. The molecule has 0 aliphatic heterocycles. The van der Waals surface area contributed by atoms with Crippen molar-refractivity contribution in [3.8, 4) is 17.1 Å². The molecule has 30 heavy (non-hydrogen) atoms. The molecule has 0 aliphatic rings. The first-order valence-electron chi connectivity index (χ1n) is 9.78. The Morgan fingerprint density at radius 1 is 1.17 bits per heavy atom. The van der Waals surface area contributed by atoms with Gasteiger partial charge in [-0.25, -0.2) is 4.98 Å². The fraction of sp³-hybridized carbons (Fsp3) is 0.208. The lowest BCUT2D eigenvalue weighted by Crippen LogP contribution is -2.20. The Morgan fingerprint density at radius 3 is 2.67 bits per heavy atom. The summed E-state index contributed by atoms with van der Waals surface area (Å²) in [5.41, 5.74) is 3.37. The van der Waals surface area contributed by atoms with Crippen LogP contribution in [-0.4, -0.2) is 23.0 Å². The number of methoxy groups -OCH3 is 1. The molecule has 0 bridgehead atoms. The van der Waals surface area contributed by atoms with Crippen LogP contribution in [0.5, 0.6) is 5.75 Å². The minimum Gasteiger partial charge on any atom is -0.496 e. The van der Waals surface area contributed by atoms with E-state index in [0.29, 0.717) is 16.7 Å². The molecule has 0 fully saturated rings. The predicted octanol–water partition coefficient (Wildman–Crippen LogP) is 5.45. The van der Waals surface area contributed by atoms with Crippen LogP contribution in [0.1, 0.15) is 35.8 Å². The van der Waals surface area contributed by atoms with Crippen LogP contribution < -0.4 is 10.3 Å². The molecule has 6 heteroatoms. The summed E-state index contributed by atoms with van der Waals surface area (Å²) in [7, 11) is 1.68. The van der Waals surface area contributed by atoms with Crippen LogP contribution in [0.15, 0.2) is 63.8 Å². The second-order valence-corrected chi connectivity index (χ2v) is 8.37. The van der Waals surface area contributed by atoms with E-state index in [1.54, 1.807) is 30.7 Å². The molecule has 0 saturated heterocycles. The average molecular weight is 418 g/mol. The Morgan fingerprint density at radius 2 is 1.97 bits per heavy atom. The smallest absolute Gasteiger partial charge is 0.282 e.